The molecule has 7 heteroatoms. The van der Waals surface area contributed by atoms with Gasteiger partial charge in [-0.1, -0.05) is 12.1 Å². The maximum absolute atomic E-state index is 7.56. The van der Waals surface area contributed by atoms with E-state index in [0.29, 0.717) is 17.5 Å². The standard InChI is InChI=1S/C19H21N7/c1-10-3-4-12(18(20)21)8-15(10)24-11(2)7-17-25-14-6-5-13(19(22)23)9-16(14)26-17/h3-6,8-9H,7H2,1-2H3,(H3,20,21)(H3,22,23)(H,25,26). The summed E-state index contributed by atoms with van der Waals surface area (Å²) in [6, 6.07) is 11.0. The van der Waals surface area contributed by atoms with Gasteiger partial charge in [0.1, 0.15) is 17.5 Å². The second-order valence-corrected chi connectivity index (χ2v) is 6.27. The summed E-state index contributed by atoms with van der Waals surface area (Å²) < 4.78 is 0. The van der Waals surface area contributed by atoms with Crippen LogP contribution in [0.1, 0.15) is 29.4 Å². The lowest BCUT2D eigenvalue weighted by molar-refractivity contribution is 1.09. The Bertz CT molecular complexity index is 1040. The van der Waals surface area contributed by atoms with Crippen LogP contribution in [0.3, 0.4) is 0 Å². The quantitative estimate of drug-likeness (QED) is 0.358. The summed E-state index contributed by atoms with van der Waals surface area (Å²) >= 11 is 0. The summed E-state index contributed by atoms with van der Waals surface area (Å²) in [5.41, 5.74) is 16.8. The van der Waals surface area contributed by atoms with Crippen molar-refractivity contribution in [2.75, 3.05) is 0 Å². The smallest absolute Gasteiger partial charge is 0.122 e. The van der Waals surface area contributed by atoms with Crippen LogP contribution in [0, 0.1) is 17.7 Å². The van der Waals surface area contributed by atoms with Crippen molar-refractivity contribution >= 4 is 34.1 Å². The highest BCUT2D eigenvalue weighted by Gasteiger charge is 2.08. The minimum absolute atomic E-state index is 0.0256. The Morgan fingerprint density at radius 1 is 1.08 bits per heavy atom. The number of nitrogens with one attached hydrogen (secondary N) is 3. The predicted octanol–water partition coefficient (Wildman–Crippen LogP) is 2.77. The zero-order chi connectivity index (χ0) is 18.8. The van der Waals surface area contributed by atoms with Gasteiger partial charge in [-0.3, -0.25) is 15.8 Å². The third-order valence-corrected chi connectivity index (χ3v) is 4.10. The van der Waals surface area contributed by atoms with Gasteiger partial charge in [-0.05, 0) is 43.7 Å². The van der Waals surface area contributed by atoms with E-state index >= 15 is 0 Å². The normalized spacial score (nSPS) is 11.7. The lowest BCUT2D eigenvalue weighted by Crippen LogP contribution is -2.10. The van der Waals surface area contributed by atoms with Crippen molar-refractivity contribution in [2.24, 2.45) is 16.5 Å². The molecular weight excluding hydrogens is 326 g/mol. The number of nitrogens with zero attached hydrogens (tertiary/aromatic N) is 2. The number of aryl methyl sites for hydroxylation is 1. The van der Waals surface area contributed by atoms with E-state index in [9.17, 15) is 0 Å². The number of rotatable bonds is 5. The van der Waals surface area contributed by atoms with E-state index in [1.807, 2.05) is 44.2 Å². The maximum atomic E-state index is 7.56. The Kier molecular flexibility index (Phi) is 4.53. The van der Waals surface area contributed by atoms with Gasteiger partial charge in [0.15, 0.2) is 0 Å². The first-order valence-electron chi connectivity index (χ1n) is 8.15. The Labute approximate surface area is 151 Å². The molecule has 0 radical (unpaired) electrons. The van der Waals surface area contributed by atoms with Gasteiger partial charge in [0.2, 0.25) is 0 Å². The van der Waals surface area contributed by atoms with Crippen LogP contribution in [0.2, 0.25) is 0 Å². The second kappa shape index (κ2) is 6.79. The van der Waals surface area contributed by atoms with Crippen molar-refractivity contribution in [3.8, 4) is 0 Å². The summed E-state index contributed by atoms with van der Waals surface area (Å²) in [4.78, 5) is 12.5. The fraction of sp³-hybridized carbons (Fsp3) is 0.158. The van der Waals surface area contributed by atoms with Gasteiger partial charge in [0, 0.05) is 23.3 Å². The fourth-order valence-corrected chi connectivity index (χ4v) is 2.70. The molecule has 7 nitrogen and oxygen atoms in total. The van der Waals surface area contributed by atoms with E-state index < -0.39 is 0 Å². The zero-order valence-electron chi connectivity index (χ0n) is 14.7. The molecule has 0 aliphatic rings. The van der Waals surface area contributed by atoms with Crippen LogP contribution in [0.25, 0.3) is 11.0 Å². The third-order valence-electron chi connectivity index (χ3n) is 4.10. The number of H-pyrrole nitrogens is 1. The number of hydrogen-bond acceptors (Lipinski definition) is 4. The minimum Gasteiger partial charge on any atom is -0.384 e. The van der Waals surface area contributed by atoms with Crippen molar-refractivity contribution in [1.29, 1.82) is 10.8 Å². The molecule has 0 saturated carbocycles. The van der Waals surface area contributed by atoms with Gasteiger partial charge in [0.25, 0.3) is 0 Å². The number of hydrogen-bond donors (Lipinski definition) is 5. The number of aromatic nitrogens is 2. The molecule has 0 aliphatic carbocycles. The molecule has 0 fully saturated rings. The Balaban J connectivity index is 1.87. The lowest BCUT2D eigenvalue weighted by atomic mass is 10.1. The molecule has 0 atom stereocenters. The molecule has 0 saturated heterocycles. The minimum atomic E-state index is 0.0256. The van der Waals surface area contributed by atoms with Crippen LogP contribution in [0.5, 0.6) is 0 Å². The van der Waals surface area contributed by atoms with Gasteiger partial charge in [0.05, 0.1) is 16.7 Å². The van der Waals surface area contributed by atoms with E-state index in [1.54, 1.807) is 6.07 Å². The van der Waals surface area contributed by atoms with Crippen molar-refractivity contribution in [3.05, 3.63) is 58.9 Å². The Morgan fingerprint density at radius 3 is 2.42 bits per heavy atom. The van der Waals surface area contributed by atoms with Gasteiger partial charge in [-0.2, -0.15) is 0 Å². The Morgan fingerprint density at radius 2 is 1.73 bits per heavy atom. The molecule has 2 aromatic carbocycles. The molecule has 7 N–H and O–H groups in total. The van der Waals surface area contributed by atoms with Crippen molar-refractivity contribution < 1.29 is 0 Å². The lowest BCUT2D eigenvalue weighted by Gasteiger charge is -2.05. The van der Waals surface area contributed by atoms with Gasteiger partial charge in [-0.15, -0.1) is 0 Å². The molecule has 1 heterocycles. The van der Waals surface area contributed by atoms with Crippen LogP contribution in [-0.2, 0) is 6.42 Å². The van der Waals surface area contributed by atoms with Crippen LogP contribution in [0.4, 0.5) is 5.69 Å². The second-order valence-electron chi connectivity index (χ2n) is 6.27. The van der Waals surface area contributed by atoms with Crippen molar-refractivity contribution in [2.45, 2.75) is 20.3 Å². The molecule has 3 aromatic rings. The highest BCUT2D eigenvalue weighted by molar-refractivity contribution is 5.98. The molecule has 1 aromatic heterocycles. The molecule has 0 bridgehead atoms. The average Bonchev–Trinajstić information content (AvgIpc) is 2.97. The third kappa shape index (κ3) is 3.61. The van der Waals surface area contributed by atoms with Crippen molar-refractivity contribution in [1.82, 2.24) is 9.97 Å². The maximum Gasteiger partial charge on any atom is 0.122 e. The summed E-state index contributed by atoms with van der Waals surface area (Å²) in [6.45, 7) is 3.91. The number of imidazole rings is 1. The van der Waals surface area contributed by atoms with Gasteiger partial charge < -0.3 is 16.5 Å². The first-order chi connectivity index (χ1) is 12.3. The van der Waals surface area contributed by atoms with Crippen LogP contribution in [-0.4, -0.2) is 27.4 Å². The number of amidine groups is 2. The number of aromatic amines is 1. The number of nitrogens with two attached hydrogens (primary N) is 2. The van der Waals surface area contributed by atoms with Crippen LogP contribution in [0.15, 0.2) is 41.4 Å². The first kappa shape index (κ1) is 17.3. The van der Waals surface area contributed by atoms with Gasteiger partial charge in [-0.25, -0.2) is 4.98 Å². The number of benzene rings is 2. The van der Waals surface area contributed by atoms with E-state index in [-0.39, 0.29) is 11.7 Å². The monoisotopic (exact) mass is 347 g/mol. The molecule has 26 heavy (non-hydrogen) atoms. The molecule has 0 unspecified atom stereocenters. The summed E-state index contributed by atoms with van der Waals surface area (Å²) in [6.07, 6.45) is 0.563. The number of nitrogen functional groups attached to an aromatic ring is 2. The molecule has 0 spiro atoms. The van der Waals surface area contributed by atoms with Crippen molar-refractivity contribution in [3.63, 3.8) is 0 Å². The highest BCUT2D eigenvalue weighted by atomic mass is 14.9. The molecular formula is C19H21N7. The number of aliphatic imine (C=N–C) groups is 1. The predicted molar refractivity (Wildman–Crippen MR) is 106 cm³/mol. The van der Waals surface area contributed by atoms with E-state index in [1.165, 1.54) is 0 Å². The molecule has 3 rings (SSSR count). The topological polar surface area (TPSA) is 141 Å². The summed E-state index contributed by atoms with van der Waals surface area (Å²) in [5, 5.41) is 15.1. The Hall–Kier alpha value is -3.48. The largest absolute Gasteiger partial charge is 0.384 e. The van der Waals surface area contributed by atoms with Crippen LogP contribution >= 0.6 is 0 Å². The first-order valence-corrected chi connectivity index (χ1v) is 8.15. The summed E-state index contributed by atoms with van der Waals surface area (Å²) in [7, 11) is 0. The van der Waals surface area contributed by atoms with E-state index in [0.717, 1.165) is 33.8 Å². The molecule has 0 aliphatic heterocycles. The average molecular weight is 347 g/mol. The van der Waals surface area contributed by atoms with E-state index in [4.69, 9.17) is 22.3 Å². The zero-order valence-corrected chi connectivity index (χ0v) is 14.7. The molecule has 0 amide bonds. The SMILES string of the molecule is CC(Cc1nc2ccc(C(=N)N)cc2[nH]1)=Nc1cc(C(=N)N)ccc1C. The van der Waals surface area contributed by atoms with E-state index in [2.05, 4.69) is 15.0 Å². The fourth-order valence-electron chi connectivity index (χ4n) is 2.70. The van der Waals surface area contributed by atoms with Crippen LogP contribution < -0.4 is 11.5 Å². The van der Waals surface area contributed by atoms with Gasteiger partial charge >= 0.3 is 0 Å². The number of fused-ring (bicyclic) bond motifs is 1. The molecule has 132 valence electrons. The highest BCUT2D eigenvalue weighted by Crippen LogP contribution is 2.21. The summed E-state index contributed by atoms with van der Waals surface area (Å²) in [5.74, 6) is 0.849.